The smallest absolute Gasteiger partial charge is 0.250 e. The van der Waals surface area contributed by atoms with Crippen LogP contribution in [0.15, 0.2) is 29.2 Å². The monoisotopic (exact) mass is 238 g/mol. The maximum atomic E-state index is 11.4. The molecule has 0 saturated heterocycles. The normalized spacial score (nSPS) is 12.1. The van der Waals surface area contributed by atoms with E-state index in [0.29, 0.717) is 19.5 Å². The van der Waals surface area contributed by atoms with E-state index in [2.05, 4.69) is 5.32 Å². The molecule has 0 bridgehead atoms. The van der Waals surface area contributed by atoms with Gasteiger partial charge in [0.2, 0.25) is 5.91 Å². The number of aliphatic hydroxyl groups is 1. The maximum Gasteiger partial charge on any atom is 0.250 e. The standard InChI is InChI=1S/C12H18N2O3/c1-10(15)5-7-13-11(16)6-9-14-8-3-2-4-12(14)17/h2-4,8,10,15H,5-7,9H2,1H3,(H,13,16). The summed E-state index contributed by atoms with van der Waals surface area (Å²) in [6, 6.07) is 4.89. The van der Waals surface area contributed by atoms with Crippen molar-refractivity contribution >= 4 is 5.91 Å². The summed E-state index contributed by atoms with van der Waals surface area (Å²) in [5, 5.41) is 11.7. The molecular weight excluding hydrogens is 220 g/mol. The van der Waals surface area contributed by atoms with E-state index in [1.807, 2.05) is 0 Å². The molecule has 1 unspecified atom stereocenters. The van der Waals surface area contributed by atoms with Crippen molar-refractivity contribution in [3.8, 4) is 0 Å². The van der Waals surface area contributed by atoms with Crippen LogP contribution >= 0.6 is 0 Å². The second-order valence-corrected chi connectivity index (χ2v) is 3.97. The van der Waals surface area contributed by atoms with Crippen LogP contribution in [0.3, 0.4) is 0 Å². The topological polar surface area (TPSA) is 71.3 Å². The van der Waals surface area contributed by atoms with Crippen molar-refractivity contribution in [1.29, 1.82) is 0 Å². The number of nitrogens with zero attached hydrogens (tertiary/aromatic N) is 1. The van der Waals surface area contributed by atoms with E-state index >= 15 is 0 Å². The highest BCUT2D eigenvalue weighted by molar-refractivity contribution is 5.75. The summed E-state index contributed by atoms with van der Waals surface area (Å²) in [6.45, 7) is 2.51. The van der Waals surface area contributed by atoms with Gasteiger partial charge in [0.25, 0.3) is 5.56 Å². The zero-order valence-corrected chi connectivity index (χ0v) is 9.93. The first-order chi connectivity index (χ1) is 8.09. The molecule has 1 rings (SSSR count). The average Bonchev–Trinajstić information content (AvgIpc) is 2.27. The number of aryl methyl sites for hydroxylation is 1. The van der Waals surface area contributed by atoms with Crippen molar-refractivity contribution in [2.75, 3.05) is 6.54 Å². The molecule has 17 heavy (non-hydrogen) atoms. The molecule has 0 aliphatic carbocycles. The van der Waals surface area contributed by atoms with Crippen molar-refractivity contribution in [3.63, 3.8) is 0 Å². The second kappa shape index (κ2) is 6.85. The van der Waals surface area contributed by atoms with Gasteiger partial charge < -0.3 is 15.0 Å². The van der Waals surface area contributed by atoms with Gasteiger partial charge in [-0.05, 0) is 19.4 Å². The van der Waals surface area contributed by atoms with Crippen LogP contribution in [-0.2, 0) is 11.3 Å². The number of carbonyl (C=O) groups excluding carboxylic acids is 1. The summed E-state index contributed by atoms with van der Waals surface area (Å²) < 4.78 is 1.49. The van der Waals surface area contributed by atoms with Gasteiger partial charge in [-0.2, -0.15) is 0 Å². The predicted octanol–water partition coefficient (Wildman–Crippen LogP) is 0.125. The number of carbonyl (C=O) groups is 1. The Bertz CT molecular complexity index is 412. The van der Waals surface area contributed by atoms with E-state index in [1.165, 1.54) is 10.6 Å². The highest BCUT2D eigenvalue weighted by Gasteiger charge is 2.03. The van der Waals surface area contributed by atoms with Gasteiger partial charge in [-0.1, -0.05) is 6.07 Å². The largest absolute Gasteiger partial charge is 0.393 e. The molecule has 1 heterocycles. The fraction of sp³-hybridized carbons (Fsp3) is 0.500. The minimum atomic E-state index is -0.410. The van der Waals surface area contributed by atoms with Crippen molar-refractivity contribution in [3.05, 3.63) is 34.7 Å². The molecule has 94 valence electrons. The van der Waals surface area contributed by atoms with E-state index in [0.717, 1.165) is 0 Å². The number of aliphatic hydroxyl groups excluding tert-OH is 1. The molecule has 0 radical (unpaired) electrons. The van der Waals surface area contributed by atoms with Crippen molar-refractivity contribution in [2.45, 2.75) is 32.4 Å². The van der Waals surface area contributed by atoms with Gasteiger partial charge in [-0.25, -0.2) is 0 Å². The fourth-order valence-corrected chi connectivity index (χ4v) is 1.38. The average molecular weight is 238 g/mol. The van der Waals surface area contributed by atoms with E-state index in [1.54, 1.807) is 25.3 Å². The van der Waals surface area contributed by atoms with Crippen LogP contribution in [0.1, 0.15) is 19.8 Å². The molecular formula is C12H18N2O3. The predicted molar refractivity (Wildman–Crippen MR) is 64.6 cm³/mol. The summed E-state index contributed by atoms with van der Waals surface area (Å²) in [6.07, 6.45) is 2.05. The van der Waals surface area contributed by atoms with Gasteiger partial charge in [-0.3, -0.25) is 9.59 Å². The van der Waals surface area contributed by atoms with Crippen LogP contribution in [0.4, 0.5) is 0 Å². The molecule has 5 heteroatoms. The van der Waals surface area contributed by atoms with E-state index in [9.17, 15) is 9.59 Å². The first-order valence-electron chi connectivity index (χ1n) is 5.70. The quantitative estimate of drug-likeness (QED) is 0.739. The Labute approximate surface area is 100 Å². The van der Waals surface area contributed by atoms with Crippen LogP contribution in [0.25, 0.3) is 0 Å². The minimum Gasteiger partial charge on any atom is -0.393 e. The Morgan fingerprint density at radius 2 is 2.29 bits per heavy atom. The lowest BCUT2D eigenvalue weighted by Gasteiger charge is -2.07. The van der Waals surface area contributed by atoms with E-state index < -0.39 is 6.10 Å². The number of pyridine rings is 1. The zero-order chi connectivity index (χ0) is 12.7. The van der Waals surface area contributed by atoms with Crippen LogP contribution in [0, 0.1) is 0 Å². The molecule has 5 nitrogen and oxygen atoms in total. The van der Waals surface area contributed by atoms with Gasteiger partial charge in [-0.15, -0.1) is 0 Å². The van der Waals surface area contributed by atoms with Gasteiger partial charge in [0.05, 0.1) is 6.10 Å². The fourth-order valence-electron chi connectivity index (χ4n) is 1.38. The Hall–Kier alpha value is -1.62. The first-order valence-corrected chi connectivity index (χ1v) is 5.70. The number of hydrogen-bond acceptors (Lipinski definition) is 3. The van der Waals surface area contributed by atoms with E-state index in [4.69, 9.17) is 5.11 Å². The molecule has 2 N–H and O–H groups in total. The third kappa shape index (κ3) is 5.31. The van der Waals surface area contributed by atoms with Gasteiger partial charge in [0.15, 0.2) is 0 Å². The summed E-state index contributed by atoms with van der Waals surface area (Å²) in [7, 11) is 0. The third-order valence-electron chi connectivity index (χ3n) is 2.36. The first kappa shape index (κ1) is 13.4. The summed E-state index contributed by atoms with van der Waals surface area (Å²) >= 11 is 0. The van der Waals surface area contributed by atoms with Crippen LogP contribution < -0.4 is 10.9 Å². The molecule has 0 aliphatic rings. The van der Waals surface area contributed by atoms with Gasteiger partial charge >= 0.3 is 0 Å². The number of aromatic nitrogens is 1. The van der Waals surface area contributed by atoms with Crippen LogP contribution in [-0.4, -0.2) is 28.2 Å². The minimum absolute atomic E-state index is 0.107. The lowest BCUT2D eigenvalue weighted by Crippen LogP contribution is -2.28. The maximum absolute atomic E-state index is 11.4. The summed E-state index contributed by atoms with van der Waals surface area (Å²) in [5.74, 6) is -0.110. The number of nitrogens with one attached hydrogen (secondary N) is 1. The lowest BCUT2D eigenvalue weighted by atomic mass is 10.3. The Morgan fingerprint density at radius 1 is 1.53 bits per heavy atom. The molecule has 1 atom stereocenters. The molecule has 1 aromatic rings. The SMILES string of the molecule is CC(O)CCNC(=O)CCn1ccccc1=O. The lowest BCUT2D eigenvalue weighted by molar-refractivity contribution is -0.121. The molecule has 0 saturated carbocycles. The number of hydrogen-bond donors (Lipinski definition) is 2. The van der Waals surface area contributed by atoms with E-state index in [-0.39, 0.29) is 17.9 Å². The summed E-state index contributed by atoms with van der Waals surface area (Å²) in [5.41, 5.74) is -0.107. The second-order valence-electron chi connectivity index (χ2n) is 3.97. The summed E-state index contributed by atoms with van der Waals surface area (Å²) in [4.78, 5) is 22.7. The molecule has 1 amide bonds. The zero-order valence-electron chi connectivity index (χ0n) is 9.93. The van der Waals surface area contributed by atoms with Gasteiger partial charge in [0, 0.05) is 31.8 Å². The third-order valence-corrected chi connectivity index (χ3v) is 2.36. The highest BCUT2D eigenvalue weighted by atomic mass is 16.3. The molecule has 1 aromatic heterocycles. The van der Waals surface area contributed by atoms with Crippen molar-refractivity contribution in [1.82, 2.24) is 9.88 Å². The Morgan fingerprint density at radius 3 is 2.94 bits per heavy atom. The molecule has 0 fully saturated rings. The van der Waals surface area contributed by atoms with Crippen molar-refractivity contribution < 1.29 is 9.90 Å². The number of rotatable bonds is 6. The van der Waals surface area contributed by atoms with Crippen LogP contribution in [0.5, 0.6) is 0 Å². The number of amides is 1. The van der Waals surface area contributed by atoms with Crippen molar-refractivity contribution in [2.24, 2.45) is 0 Å². The highest BCUT2D eigenvalue weighted by Crippen LogP contribution is 1.90. The molecule has 0 spiro atoms. The van der Waals surface area contributed by atoms with Gasteiger partial charge in [0.1, 0.15) is 0 Å². The molecule has 0 aliphatic heterocycles. The molecule has 0 aromatic carbocycles. The Kier molecular flexibility index (Phi) is 5.42. The van der Waals surface area contributed by atoms with Crippen LogP contribution in [0.2, 0.25) is 0 Å². The Balaban J connectivity index is 2.29.